The quantitative estimate of drug-likeness (QED) is 0.399. The summed E-state index contributed by atoms with van der Waals surface area (Å²) in [7, 11) is 1.79. The fourth-order valence-corrected chi connectivity index (χ4v) is 2.22. The first-order chi connectivity index (χ1) is 7.29. The second kappa shape index (κ2) is 5.43. The summed E-state index contributed by atoms with van der Waals surface area (Å²) in [6, 6.07) is 0. The molecule has 0 aromatic heterocycles. The minimum absolute atomic E-state index is 0.157. The second-order valence-electron chi connectivity index (χ2n) is 4.96. The third-order valence-corrected chi connectivity index (χ3v) is 3.31. The highest BCUT2D eigenvalue weighted by Gasteiger charge is 2.19. The molecule has 0 aliphatic heterocycles. The number of quaternary nitrogens is 1. The van der Waals surface area contributed by atoms with E-state index in [2.05, 4.69) is 0 Å². The highest BCUT2D eigenvalue weighted by Crippen LogP contribution is 2.41. The van der Waals surface area contributed by atoms with Crippen molar-refractivity contribution >= 4 is 7.82 Å². The molecule has 1 atom stereocenters. The van der Waals surface area contributed by atoms with Gasteiger partial charge < -0.3 is 18.4 Å². The molecule has 1 unspecified atom stereocenters. The first kappa shape index (κ1) is 13.9. The van der Waals surface area contributed by atoms with Crippen molar-refractivity contribution in [1.82, 2.24) is 0 Å². The summed E-state index contributed by atoms with van der Waals surface area (Å²) >= 11 is 0. The van der Waals surface area contributed by atoms with Crippen LogP contribution in [0.5, 0.6) is 0 Å². The normalized spacial score (nSPS) is 21.2. The van der Waals surface area contributed by atoms with E-state index in [-0.39, 0.29) is 12.7 Å². The smallest absolute Gasteiger partial charge is 0.268 e. The first-order valence-electron chi connectivity index (χ1n) is 5.38. The number of rotatable bonds is 6. The molecule has 1 aliphatic rings. The maximum Gasteiger partial charge on any atom is 0.268 e. The van der Waals surface area contributed by atoms with Gasteiger partial charge in [-0.05, 0) is 12.8 Å². The molecule has 0 fully saturated rings. The molecular weight excluding hydrogens is 229 g/mol. The Morgan fingerprint density at radius 3 is 2.44 bits per heavy atom. The van der Waals surface area contributed by atoms with Crippen LogP contribution in [-0.4, -0.2) is 44.9 Å². The van der Waals surface area contributed by atoms with E-state index < -0.39 is 7.82 Å². The number of nitrogens with zero attached hydrogens (tertiary/aromatic N) is 1. The molecule has 16 heavy (non-hydrogen) atoms. The molecule has 0 aromatic rings. The zero-order valence-electron chi connectivity index (χ0n) is 10.1. The van der Waals surface area contributed by atoms with Crippen LogP contribution in [0.25, 0.3) is 0 Å². The molecule has 1 aliphatic carbocycles. The van der Waals surface area contributed by atoms with Crippen LogP contribution in [0.1, 0.15) is 12.8 Å². The van der Waals surface area contributed by atoms with Gasteiger partial charge in [-0.3, -0.25) is 4.57 Å². The van der Waals surface area contributed by atoms with Crippen LogP contribution in [-0.2, 0) is 13.6 Å². The Morgan fingerprint density at radius 1 is 1.38 bits per heavy atom. The summed E-state index contributed by atoms with van der Waals surface area (Å²) in [5, 5.41) is 0. The SMILES string of the molecule is C[N+](C)(C)CCOP(=O)([O-])OC1CC=CC1. The molecule has 0 N–H and O–H groups in total. The van der Waals surface area contributed by atoms with Crippen LogP contribution in [0.2, 0.25) is 0 Å². The zero-order chi connectivity index (χ0) is 12.2. The van der Waals surface area contributed by atoms with Crippen molar-refractivity contribution in [3.63, 3.8) is 0 Å². The minimum atomic E-state index is -4.13. The molecule has 0 radical (unpaired) electrons. The summed E-state index contributed by atoms with van der Waals surface area (Å²) in [5.74, 6) is 0. The van der Waals surface area contributed by atoms with Gasteiger partial charge in [0.15, 0.2) is 0 Å². The predicted molar refractivity (Wildman–Crippen MR) is 59.7 cm³/mol. The summed E-state index contributed by atoms with van der Waals surface area (Å²) in [6.07, 6.45) is 4.84. The van der Waals surface area contributed by atoms with Gasteiger partial charge in [0.05, 0.1) is 27.2 Å². The number of likely N-dealkylation sites (N-methyl/N-ethyl adjacent to an activating group) is 1. The molecule has 0 spiro atoms. The van der Waals surface area contributed by atoms with Gasteiger partial charge >= 0.3 is 0 Å². The van der Waals surface area contributed by atoms with E-state index in [1.54, 1.807) is 0 Å². The molecule has 0 saturated carbocycles. The fourth-order valence-electron chi connectivity index (χ4n) is 1.32. The lowest BCUT2D eigenvalue weighted by Crippen LogP contribution is -2.37. The Labute approximate surface area is 96.9 Å². The summed E-state index contributed by atoms with van der Waals surface area (Å²) in [4.78, 5) is 11.4. The molecule has 0 saturated heterocycles. The van der Waals surface area contributed by atoms with Gasteiger partial charge in [-0.1, -0.05) is 12.2 Å². The summed E-state index contributed by atoms with van der Waals surface area (Å²) in [6.45, 7) is 0.781. The summed E-state index contributed by atoms with van der Waals surface area (Å²) in [5.41, 5.74) is 0. The molecule has 0 bridgehead atoms. The van der Waals surface area contributed by atoms with Crippen LogP contribution in [0.15, 0.2) is 12.2 Å². The average molecular weight is 249 g/mol. The molecule has 6 heteroatoms. The topological polar surface area (TPSA) is 58.6 Å². The maximum absolute atomic E-state index is 11.4. The molecule has 94 valence electrons. The molecule has 0 amide bonds. The highest BCUT2D eigenvalue weighted by atomic mass is 31.2. The first-order valence-corrected chi connectivity index (χ1v) is 6.84. The van der Waals surface area contributed by atoms with Gasteiger partial charge in [-0.15, -0.1) is 0 Å². The third-order valence-electron chi connectivity index (χ3n) is 2.25. The molecule has 0 aromatic carbocycles. The van der Waals surface area contributed by atoms with E-state index in [1.807, 2.05) is 33.3 Å². The monoisotopic (exact) mass is 249 g/mol. The van der Waals surface area contributed by atoms with Crippen LogP contribution < -0.4 is 4.89 Å². The Bertz CT molecular complexity index is 290. The number of phosphoric acid groups is 1. The lowest BCUT2D eigenvalue weighted by atomic mass is 10.3. The van der Waals surface area contributed by atoms with Crippen molar-refractivity contribution in [2.24, 2.45) is 0 Å². The van der Waals surface area contributed by atoms with Crippen molar-refractivity contribution in [2.45, 2.75) is 18.9 Å². The van der Waals surface area contributed by atoms with Gasteiger partial charge in [-0.2, -0.15) is 0 Å². The lowest BCUT2D eigenvalue weighted by molar-refractivity contribution is -0.870. The highest BCUT2D eigenvalue weighted by molar-refractivity contribution is 7.45. The standard InChI is InChI=1S/C10H20NO4P/c1-11(2,3)8-9-14-16(12,13)15-10-6-4-5-7-10/h4-5,10H,6-9H2,1-3H3. The van der Waals surface area contributed by atoms with Gasteiger partial charge in [0, 0.05) is 0 Å². The van der Waals surface area contributed by atoms with Crippen molar-refractivity contribution in [3.05, 3.63) is 12.2 Å². The predicted octanol–water partition coefficient (Wildman–Crippen LogP) is 0.913. The van der Waals surface area contributed by atoms with Gasteiger partial charge in [-0.25, -0.2) is 0 Å². The van der Waals surface area contributed by atoms with Crippen molar-refractivity contribution in [1.29, 1.82) is 0 Å². The van der Waals surface area contributed by atoms with Crippen molar-refractivity contribution < 1.29 is 23.0 Å². The van der Waals surface area contributed by atoms with E-state index in [1.165, 1.54) is 0 Å². The Balaban J connectivity index is 2.26. The number of hydrogen-bond donors (Lipinski definition) is 0. The fraction of sp³-hybridized carbons (Fsp3) is 0.800. The molecular formula is C10H20NO4P. The Kier molecular flexibility index (Phi) is 4.71. The van der Waals surface area contributed by atoms with E-state index in [0.29, 0.717) is 23.9 Å². The van der Waals surface area contributed by atoms with E-state index in [0.717, 1.165) is 0 Å². The minimum Gasteiger partial charge on any atom is -0.756 e. The van der Waals surface area contributed by atoms with Crippen molar-refractivity contribution in [3.8, 4) is 0 Å². The van der Waals surface area contributed by atoms with Crippen LogP contribution in [0.4, 0.5) is 0 Å². The molecule has 5 nitrogen and oxygen atoms in total. The summed E-state index contributed by atoms with van der Waals surface area (Å²) < 4.78 is 21.8. The largest absolute Gasteiger partial charge is 0.756 e. The van der Waals surface area contributed by atoms with Crippen LogP contribution in [0, 0.1) is 0 Å². The molecule has 0 heterocycles. The Hall–Kier alpha value is -0.190. The van der Waals surface area contributed by atoms with E-state index in [9.17, 15) is 9.46 Å². The van der Waals surface area contributed by atoms with Crippen LogP contribution >= 0.6 is 7.82 Å². The van der Waals surface area contributed by atoms with E-state index in [4.69, 9.17) is 9.05 Å². The maximum atomic E-state index is 11.4. The number of phosphoric ester groups is 1. The van der Waals surface area contributed by atoms with Gasteiger partial charge in [0.2, 0.25) is 0 Å². The van der Waals surface area contributed by atoms with Crippen molar-refractivity contribution in [2.75, 3.05) is 34.3 Å². The lowest BCUT2D eigenvalue weighted by Gasteiger charge is -2.28. The van der Waals surface area contributed by atoms with Crippen LogP contribution in [0.3, 0.4) is 0 Å². The van der Waals surface area contributed by atoms with Gasteiger partial charge in [0.1, 0.15) is 13.2 Å². The van der Waals surface area contributed by atoms with E-state index >= 15 is 0 Å². The average Bonchev–Trinajstić information content (AvgIpc) is 2.52. The second-order valence-corrected chi connectivity index (χ2v) is 6.33. The third kappa shape index (κ3) is 5.77. The molecule has 1 rings (SSSR count). The Morgan fingerprint density at radius 2 is 1.94 bits per heavy atom. The van der Waals surface area contributed by atoms with Gasteiger partial charge in [0.25, 0.3) is 7.82 Å². The zero-order valence-corrected chi connectivity index (χ0v) is 11.0. The number of hydrogen-bond acceptors (Lipinski definition) is 4.